The number of amides is 2. The highest BCUT2D eigenvalue weighted by atomic mass is 16.2. The number of anilines is 2. The molecule has 0 aliphatic rings. The van der Waals surface area contributed by atoms with Gasteiger partial charge in [0.15, 0.2) is 0 Å². The molecule has 0 fully saturated rings. The molecule has 0 aliphatic heterocycles. The maximum Gasteiger partial charge on any atom is 0.273 e. The van der Waals surface area contributed by atoms with Crippen molar-refractivity contribution in [3.63, 3.8) is 0 Å². The standard InChI is InChI=1S/C14H16N4O2/c1-8-4-5-11(17-10(3)19)6-12(8)18-14(20)13-7-15-9(2)16-13/h4-7H,1-3H3,(H,15,16)(H,17,19)(H,18,20). The van der Waals surface area contributed by atoms with Crippen molar-refractivity contribution in [1.29, 1.82) is 0 Å². The van der Waals surface area contributed by atoms with E-state index in [2.05, 4.69) is 20.6 Å². The van der Waals surface area contributed by atoms with Crippen LogP contribution >= 0.6 is 0 Å². The Morgan fingerprint density at radius 1 is 1.20 bits per heavy atom. The van der Waals surface area contributed by atoms with Gasteiger partial charge in [0.2, 0.25) is 5.91 Å². The van der Waals surface area contributed by atoms with Gasteiger partial charge in [-0.25, -0.2) is 4.98 Å². The summed E-state index contributed by atoms with van der Waals surface area (Å²) in [6.45, 7) is 5.09. The average Bonchev–Trinajstić information content (AvgIpc) is 2.79. The number of aryl methyl sites for hydroxylation is 2. The maximum absolute atomic E-state index is 12.0. The van der Waals surface area contributed by atoms with Crippen LogP contribution in [0.3, 0.4) is 0 Å². The normalized spacial score (nSPS) is 10.2. The lowest BCUT2D eigenvalue weighted by atomic mass is 10.1. The molecule has 0 bridgehead atoms. The Morgan fingerprint density at radius 2 is 1.95 bits per heavy atom. The summed E-state index contributed by atoms with van der Waals surface area (Å²) in [7, 11) is 0. The second-order valence-electron chi connectivity index (χ2n) is 4.55. The summed E-state index contributed by atoms with van der Waals surface area (Å²) in [5.41, 5.74) is 2.59. The zero-order valence-electron chi connectivity index (χ0n) is 11.6. The number of hydrogen-bond donors (Lipinski definition) is 3. The van der Waals surface area contributed by atoms with Crippen molar-refractivity contribution < 1.29 is 9.59 Å². The minimum atomic E-state index is -0.270. The largest absolute Gasteiger partial charge is 0.338 e. The summed E-state index contributed by atoms with van der Waals surface area (Å²) < 4.78 is 0. The lowest BCUT2D eigenvalue weighted by Crippen LogP contribution is -2.14. The van der Waals surface area contributed by atoms with Crippen LogP contribution in [0.25, 0.3) is 0 Å². The van der Waals surface area contributed by atoms with Crippen molar-refractivity contribution in [2.24, 2.45) is 0 Å². The number of hydrogen-bond acceptors (Lipinski definition) is 3. The van der Waals surface area contributed by atoms with Crippen LogP contribution in [0.15, 0.2) is 24.4 Å². The molecule has 104 valence electrons. The van der Waals surface area contributed by atoms with E-state index in [4.69, 9.17) is 0 Å². The number of carbonyl (C=O) groups excluding carboxylic acids is 2. The topological polar surface area (TPSA) is 86.9 Å². The summed E-state index contributed by atoms with van der Waals surface area (Å²) in [6, 6.07) is 5.34. The van der Waals surface area contributed by atoms with E-state index in [9.17, 15) is 9.59 Å². The Hall–Kier alpha value is -2.63. The SMILES string of the molecule is CC(=O)Nc1ccc(C)c(NC(=O)c2cnc(C)[nH]2)c1. The summed E-state index contributed by atoms with van der Waals surface area (Å²) in [4.78, 5) is 29.9. The van der Waals surface area contributed by atoms with Crippen LogP contribution in [0.2, 0.25) is 0 Å². The highest BCUT2D eigenvalue weighted by Gasteiger charge is 2.10. The van der Waals surface area contributed by atoms with Crippen LogP contribution in [-0.2, 0) is 4.79 Å². The third kappa shape index (κ3) is 3.23. The van der Waals surface area contributed by atoms with Gasteiger partial charge in [0.1, 0.15) is 11.5 Å². The maximum atomic E-state index is 12.0. The highest BCUT2D eigenvalue weighted by Crippen LogP contribution is 2.20. The number of H-pyrrole nitrogens is 1. The Kier molecular flexibility index (Phi) is 3.84. The van der Waals surface area contributed by atoms with Crippen molar-refractivity contribution in [3.8, 4) is 0 Å². The van der Waals surface area contributed by atoms with Crippen LogP contribution in [0.5, 0.6) is 0 Å². The number of aromatic amines is 1. The van der Waals surface area contributed by atoms with Gasteiger partial charge in [-0.05, 0) is 31.5 Å². The van der Waals surface area contributed by atoms with Gasteiger partial charge in [-0.15, -0.1) is 0 Å². The Bertz CT molecular complexity index is 661. The monoisotopic (exact) mass is 272 g/mol. The van der Waals surface area contributed by atoms with Gasteiger partial charge in [0.25, 0.3) is 5.91 Å². The first-order valence-electron chi connectivity index (χ1n) is 6.17. The number of imidazole rings is 1. The van der Waals surface area contributed by atoms with Crippen LogP contribution in [0.1, 0.15) is 28.8 Å². The number of nitrogens with one attached hydrogen (secondary N) is 3. The van der Waals surface area contributed by atoms with Crippen LogP contribution in [0, 0.1) is 13.8 Å². The van der Waals surface area contributed by atoms with E-state index in [0.717, 1.165) is 5.56 Å². The average molecular weight is 272 g/mol. The van der Waals surface area contributed by atoms with Crippen LogP contribution in [0.4, 0.5) is 11.4 Å². The zero-order valence-corrected chi connectivity index (χ0v) is 11.6. The fraction of sp³-hybridized carbons (Fsp3) is 0.214. The molecule has 2 aromatic rings. The van der Waals surface area contributed by atoms with Gasteiger partial charge >= 0.3 is 0 Å². The fourth-order valence-electron chi connectivity index (χ4n) is 1.76. The fourth-order valence-corrected chi connectivity index (χ4v) is 1.76. The van der Waals surface area contributed by atoms with E-state index in [1.807, 2.05) is 13.0 Å². The summed E-state index contributed by atoms with van der Waals surface area (Å²) >= 11 is 0. The summed E-state index contributed by atoms with van der Waals surface area (Å²) in [6.07, 6.45) is 1.48. The van der Waals surface area contributed by atoms with Gasteiger partial charge in [0.05, 0.1) is 6.20 Å². The molecule has 1 aromatic carbocycles. The second-order valence-corrected chi connectivity index (χ2v) is 4.55. The Morgan fingerprint density at radius 3 is 2.55 bits per heavy atom. The summed E-state index contributed by atoms with van der Waals surface area (Å²) in [5.74, 6) is 0.253. The molecular weight excluding hydrogens is 256 g/mol. The Balaban J connectivity index is 2.19. The Labute approximate surface area is 116 Å². The number of aromatic nitrogens is 2. The van der Waals surface area contributed by atoms with E-state index >= 15 is 0 Å². The molecule has 0 unspecified atom stereocenters. The molecule has 3 N–H and O–H groups in total. The second kappa shape index (κ2) is 5.56. The van der Waals surface area contributed by atoms with Crippen molar-refractivity contribution in [2.75, 3.05) is 10.6 Å². The van der Waals surface area contributed by atoms with Gasteiger partial charge in [-0.2, -0.15) is 0 Å². The first-order valence-corrected chi connectivity index (χ1v) is 6.17. The smallest absolute Gasteiger partial charge is 0.273 e. The lowest BCUT2D eigenvalue weighted by Gasteiger charge is -2.10. The van der Waals surface area contributed by atoms with Crippen LogP contribution in [-0.4, -0.2) is 21.8 Å². The molecule has 2 amide bonds. The molecule has 0 saturated heterocycles. The number of carbonyl (C=O) groups is 2. The number of benzene rings is 1. The molecule has 6 nitrogen and oxygen atoms in total. The minimum absolute atomic E-state index is 0.157. The quantitative estimate of drug-likeness (QED) is 0.800. The number of rotatable bonds is 3. The predicted molar refractivity (Wildman–Crippen MR) is 76.8 cm³/mol. The molecule has 6 heteroatoms. The molecular formula is C14H16N4O2. The van der Waals surface area contributed by atoms with Gasteiger partial charge in [-0.1, -0.05) is 6.07 Å². The molecule has 0 aliphatic carbocycles. The molecule has 0 spiro atoms. The van der Waals surface area contributed by atoms with Crippen LogP contribution < -0.4 is 10.6 Å². The molecule has 0 radical (unpaired) electrons. The van der Waals surface area contributed by atoms with Crippen molar-refractivity contribution >= 4 is 23.2 Å². The van der Waals surface area contributed by atoms with E-state index in [1.54, 1.807) is 19.1 Å². The molecule has 2 rings (SSSR count). The van der Waals surface area contributed by atoms with E-state index in [-0.39, 0.29) is 11.8 Å². The van der Waals surface area contributed by atoms with Crippen molar-refractivity contribution in [1.82, 2.24) is 9.97 Å². The van der Waals surface area contributed by atoms with Gasteiger partial charge < -0.3 is 15.6 Å². The lowest BCUT2D eigenvalue weighted by molar-refractivity contribution is -0.114. The minimum Gasteiger partial charge on any atom is -0.338 e. The van der Waals surface area contributed by atoms with Crippen molar-refractivity contribution in [3.05, 3.63) is 41.5 Å². The first-order chi connectivity index (χ1) is 9.45. The molecule has 20 heavy (non-hydrogen) atoms. The van der Waals surface area contributed by atoms with Gasteiger partial charge in [-0.3, -0.25) is 9.59 Å². The zero-order chi connectivity index (χ0) is 14.7. The molecule has 1 aromatic heterocycles. The van der Waals surface area contributed by atoms with Gasteiger partial charge in [0, 0.05) is 18.3 Å². The van der Waals surface area contributed by atoms with E-state index in [1.165, 1.54) is 13.1 Å². The number of nitrogens with zero attached hydrogens (tertiary/aromatic N) is 1. The van der Waals surface area contributed by atoms with E-state index in [0.29, 0.717) is 22.9 Å². The molecule has 0 atom stereocenters. The first kappa shape index (κ1) is 13.8. The predicted octanol–water partition coefficient (Wildman–Crippen LogP) is 2.24. The third-order valence-corrected chi connectivity index (χ3v) is 2.75. The van der Waals surface area contributed by atoms with E-state index < -0.39 is 0 Å². The molecule has 1 heterocycles. The third-order valence-electron chi connectivity index (χ3n) is 2.75. The molecule has 0 saturated carbocycles. The highest BCUT2D eigenvalue weighted by molar-refractivity contribution is 6.03. The van der Waals surface area contributed by atoms with Crippen molar-refractivity contribution in [2.45, 2.75) is 20.8 Å². The summed E-state index contributed by atoms with van der Waals surface area (Å²) in [5, 5.41) is 5.47.